The standard InChI is InChI=1S/C8H14O3/c1-10-6-8(2-4-9)3-5-11-7-8/h4H,2-3,5-7H2,1H3. The summed E-state index contributed by atoms with van der Waals surface area (Å²) in [4.78, 5) is 10.3. The summed E-state index contributed by atoms with van der Waals surface area (Å²) in [5, 5.41) is 0. The van der Waals surface area contributed by atoms with Crippen LogP contribution in [0, 0.1) is 5.41 Å². The zero-order valence-electron chi connectivity index (χ0n) is 6.84. The molecule has 0 aliphatic carbocycles. The Balaban J connectivity index is 2.46. The van der Waals surface area contributed by atoms with Crippen molar-refractivity contribution in [1.82, 2.24) is 0 Å². The zero-order valence-corrected chi connectivity index (χ0v) is 6.84. The number of hydrogen-bond donors (Lipinski definition) is 0. The van der Waals surface area contributed by atoms with E-state index >= 15 is 0 Å². The van der Waals surface area contributed by atoms with Gasteiger partial charge in [0.05, 0.1) is 13.2 Å². The van der Waals surface area contributed by atoms with Gasteiger partial charge in [-0.25, -0.2) is 0 Å². The second-order valence-electron chi connectivity index (χ2n) is 3.11. The molecule has 0 radical (unpaired) electrons. The Labute approximate surface area is 66.7 Å². The van der Waals surface area contributed by atoms with E-state index in [4.69, 9.17) is 9.47 Å². The Morgan fingerprint density at radius 1 is 1.73 bits per heavy atom. The molecule has 64 valence electrons. The van der Waals surface area contributed by atoms with Crippen molar-refractivity contribution in [2.45, 2.75) is 12.8 Å². The lowest BCUT2D eigenvalue weighted by molar-refractivity contribution is -0.110. The topological polar surface area (TPSA) is 35.5 Å². The van der Waals surface area contributed by atoms with Crippen molar-refractivity contribution in [3.8, 4) is 0 Å². The molecule has 1 saturated heterocycles. The fraction of sp³-hybridized carbons (Fsp3) is 0.875. The van der Waals surface area contributed by atoms with Crippen LogP contribution in [0.25, 0.3) is 0 Å². The Bertz CT molecular complexity index is 127. The molecule has 0 N–H and O–H groups in total. The quantitative estimate of drug-likeness (QED) is 0.563. The number of hydrogen-bond acceptors (Lipinski definition) is 3. The van der Waals surface area contributed by atoms with Gasteiger partial charge in [0, 0.05) is 25.6 Å². The van der Waals surface area contributed by atoms with Crippen LogP contribution in [0.3, 0.4) is 0 Å². The molecule has 1 atom stereocenters. The minimum Gasteiger partial charge on any atom is -0.384 e. The summed E-state index contributed by atoms with van der Waals surface area (Å²) in [6.45, 7) is 2.06. The fourth-order valence-corrected chi connectivity index (χ4v) is 1.47. The predicted molar refractivity (Wildman–Crippen MR) is 40.4 cm³/mol. The van der Waals surface area contributed by atoms with Gasteiger partial charge in [0.2, 0.25) is 0 Å². The minimum absolute atomic E-state index is 0.0174. The molecule has 0 aromatic rings. The van der Waals surface area contributed by atoms with E-state index in [-0.39, 0.29) is 5.41 Å². The van der Waals surface area contributed by atoms with Gasteiger partial charge in [-0.15, -0.1) is 0 Å². The van der Waals surface area contributed by atoms with Gasteiger partial charge >= 0.3 is 0 Å². The highest BCUT2D eigenvalue weighted by Crippen LogP contribution is 2.31. The first-order chi connectivity index (χ1) is 5.33. The van der Waals surface area contributed by atoms with Gasteiger partial charge in [0.1, 0.15) is 6.29 Å². The Morgan fingerprint density at radius 2 is 2.55 bits per heavy atom. The number of carbonyl (C=O) groups excluding carboxylic acids is 1. The molecule has 0 saturated carbocycles. The third-order valence-electron chi connectivity index (χ3n) is 2.15. The summed E-state index contributed by atoms with van der Waals surface area (Å²) < 4.78 is 10.3. The van der Waals surface area contributed by atoms with E-state index < -0.39 is 0 Å². The normalized spacial score (nSPS) is 30.6. The van der Waals surface area contributed by atoms with E-state index in [0.29, 0.717) is 19.6 Å². The monoisotopic (exact) mass is 158 g/mol. The molecule has 1 heterocycles. The van der Waals surface area contributed by atoms with Crippen molar-refractivity contribution in [3.05, 3.63) is 0 Å². The Morgan fingerprint density at radius 3 is 3.00 bits per heavy atom. The van der Waals surface area contributed by atoms with Crippen molar-refractivity contribution in [3.63, 3.8) is 0 Å². The number of ether oxygens (including phenoxy) is 2. The lowest BCUT2D eigenvalue weighted by atomic mass is 9.85. The number of aldehydes is 1. The third-order valence-corrected chi connectivity index (χ3v) is 2.15. The number of methoxy groups -OCH3 is 1. The molecule has 0 bridgehead atoms. The van der Waals surface area contributed by atoms with Crippen LogP contribution in [0.5, 0.6) is 0 Å². The van der Waals surface area contributed by atoms with Gasteiger partial charge in [0.25, 0.3) is 0 Å². The van der Waals surface area contributed by atoms with Crippen molar-refractivity contribution in [2.75, 3.05) is 26.9 Å². The summed E-state index contributed by atoms with van der Waals surface area (Å²) in [5.41, 5.74) is -0.0174. The first-order valence-corrected chi connectivity index (χ1v) is 3.83. The van der Waals surface area contributed by atoms with E-state index in [1.807, 2.05) is 0 Å². The molecule has 0 spiro atoms. The molecule has 1 aliphatic rings. The molecule has 1 aliphatic heterocycles. The zero-order chi connectivity index (χ0) is 8.16. The maximum Gasteiger partial charge on any atom is 0.120 e. The van der Waals surface area contributed by atoms with Gasteiger partial charge in [-0.2, -0.15) is 0 Å². The van der Waals surface area contributed by atoms with Crippen LogP contribution in [0.2, 0.25) is 0 Å². The van der Waals surface area contributed by atoms with Crippen LogP contribution < -0.4 is 0 Å². The molecule has 3 heteroatoms. The minimum atomic E-state index is -0.0174. The second kappa shape index (κ2) is 3.83. The summed E-state index contributed by atoms with van der Waals surface area (Å²) in [5.74, 6) is 0. The first kappa shape index (κ1) is 8.68. The van der Waals surface area contributed by atoms with Crippen LogP contribution in [0.1, 0.15) is 12.8 Å². The summed E-state index contributed by atoms with van der Waals surface area (Å²) in [6, 6.07) is 0. The molecular formula is C8H14O3. The van der Waals surface area contributed by atoms with Gasteiger partial charge < -0.3 is 14.3 Å². The summed E-state index contributed by atoms with van der Waals surface area (Å²) >= 11 is 0. The van der Waals surface area contributed by atoms with Gasteiger partial charge in [-0.05, 0) is 6.42 Å². The molecule has 0 aromatic heterocycles. The molecule has 1 unspecified atom stereocenters. The molecule has 0 aromatic carbocycles. The van der Waals surface area contributed by atoms with E-state index in [1.54, 1.807) is 7.11 Å². The van der Waals surface area contributed by atoms with Crippen LogP contribution in [0.15, 0.2) is 0 Å². The highest BCUT2D eigenvalue weighted by atomic mass is 16.5. The van der Waals surface area contributed by atoms with E-state index in [0.717, 1.165) is 19.3 Å². The summed E-state index contributed by atoms with van der Waals surface area (Å²) in [7, 11) is 1.66. The molecule has 1 rings (SSSR count). The SMILES string of the molecule is COCC1(CC=O)CCOC1. The van der Waals surface area contributed by atoms with Crippen molar-refractivity contribution in [2.24, 2.45) is 5.41 Å². The van der Waals surface area contributed by atoms with Crippen molar-refractivity contribution in [1.29, 1.82) is 0 Å². The molecule has 11 heavy (non-hydrogen) atoms. The highest BCUT2D eigenvalue weighted by Gasteiger charge is 2.34. The van der Waals surface area contributed by atoms with Gasteiger partial charge in [-0.1, -0.05) is 0 Å². The number of carbonyl (C=O) groups is 1. The van der Waals surface area contributed by atoms with Gasteiger partial charge in [0.15, 0.2) is 0 Å². The molecule has 0 amide bonds. The Hall–Kier alpha value is -0.410. The average Bonchev–Trinajstić information content (AvgIpc) is 2.39. The largest absolute Gasteiger partial charge is 0.384 e. The number of rotatable bonds is 4. The van der Waals surface area contributed by atoms with Crippen LogP contribution in [-0.2, 0) is 14.3 Å². The van der Waals surface area contributed by atoms with Gasteiger partial charge in [-0.3, -0.25) is 0 Å². The molecule has 1 fully saturated rings. The maximum absolute atomic E-state index is 10.3. The maximum atomic E-state index is 10.3. The lowest BCUT2D eigenvalue weighted by Gasteiger charge is -2.23. The van der Waals surface area contributed by atoms with Crippen molar-refractivity contribution >= 4 is 6.29 Å². The molecular weight excluding hydrogens is 144 g/mol. The second-order valence-corrected chi connectivity index (χ2v) is 3.11. The average molecular weight is 158 g/mol. The van der Waals surface area contributed by atoms with E-state index in [9.17, 15) is 4.79 Å². The fourth-order valence-electron chi connectivity index (χ4n) is 1.47. The smallest absolute Gasteiger partial charge is 0.120 e. The van der Waals surface area contributed by atoms with Crippen LogP contribution in [0.4, 0.5) is 0 Å². The first-order valence-electron chi connectivity index (χ1n) is 3.83. The third kappa shape index (κ3) is 2.01. The van der Waals surface area contributed by atoms with Crippen LogP contribution >= 0.6 is 0 Å². The van der Waals surface area contributed by atoms with E-state index in [2.05, 4.69) is 0 Å². The Kier molecular flexibility index (Phi) is 3.02. The lowest BCUT2D eigenvalue weighted by Crippen LogP contribution is -2.27. The molecule has 3 nitrogen and oxygen atoms in total. The summed E-state index contributed by atoms with van der Waals surface area (Å²) in [6.07, 6.45) is 2.45. The van der Waals surface area contributed by atoms with Crippen molar-refractivity contribution < 1.29 is 14.3 Å². The van der Waals surface area contributed by atoms with E-state index in [1.165, 1.54) is 0 Å². The van der Waals surface area contributed by atoms with Crippen LogP contribution in [-0.4, -0.2) is 33.2 Å². The highest BCUT2D eigenvalue weighted by molar-refractivity contribution is 5.51. The predicted octanol–water partition coefficient (Wildman–Crippen LogP) is 0.629.